The monoisotopic (exact) mass is 391 g/mol. The molecule has 1 N–H and O–H groups in total. The molecule has 2 aromatic rings. The van der Waals surface area contributed by atoms with Crippen LogP contribution in [0.1, 0.15) is 5.56 Å². The molecule has 1 heterocycles. The lowest BCUT2D eigenvalue weighted by Crippen LogP contribution is -2.26. The van der Waals surface area contributed by atoms with Gasteiger partial charge in [0.15, 0.2) is 11.5 Å². The standard InChI is InChI=1S/C13H14BrNO4S2/c1-15(21(17,18)13-10(14)5-6-20-13)8-9-3-4-11(16)12(7-9)19-2/h3-7,16H,8H2,1-2H3. The number of rotatable bonds is 5. The van der Waals surface area contributed by atoms with Crippen LogP contribution >= 0.6 is 27.3 Å². The van der Waals surface area contributed by atoms with Crippen LogP contribution in [0.15, 0.2) is 38.3 Å². The van der Waals surface area contributed by atoms with Crippen molar-refractivity contribution in [1.29, 1.82) is 0 Å². The van der Waals surface area contributed by atoms with Crippen LogP contribution in [0.4, 0.5) is 0 Å². The molecule has 0 aliphatic heterocycles. The Balaban J connectivity index is 2.26. The highest BCUT2D eigenvalue weighted by Gasteiger charge is 2.25. The zero-order valence-electron chi connectivity index (χ0n) is 11.4. The highest BCUT2D eigenvalue weighted by molar-refractivity contribution is 9.10. The molecule has 21 heavy (non-hydrogen) atoms. The van der Waals surface area contributed by atoms with Gasteiger partial charge in [-0.2, -0.15) is 4.31 Å². The minimum Gasteiger partial charge on any atom is -0.504 e. The van der Waals surface area contributed by atoms with E-state index >= 15 is 0 Å². The normalized spacial score (nSPS) is 11.8. The molecular weight excluding hydrogens is 378 g/mol. The van der Waals surface area contributed by atoms with Gasteiger partial charge in [0.1, 0.15) is 4.21 Å². The number of halogens is 1. The molecule has 0 saturated heterocycles. The zero-order chi connectivity index (χ0) is 15.6. The summed E-state index contributed by atoms with van der Waals surface area (Å²) in [6.07, 6.45) is 0. The van der Waals surface area contributed by atoms with Crippen LogP contribution in [0, 0.1) is 0 Å². The van der Waals surface area contributed by atoms with E-state index in [2.05, 4.69) is 15.9 Å². The van der Waals surface area contributed by atoms with Crippen LogP contribution in [0.2, 0.25) is 0 Å². The lowest BCUT2D eigenvalue weighted by Gasteiger charge is -2.17. The summed E-state index contributed by atoms with van der Waals surface area (Å²) >= 11 is 4.40. The van der Waals surface area contributed by atoms with Crippen LogP contribution < -0.4 is 4.74 Å². The van der Waals surface area contributed by atoms with Gasteiger partial charge in [-0.25, -0.2) is 8.42 Å². The topological polar surface area (TPSA) is 66.8 Å². The van der Waals surface area contributed by atoms with E-state index in [4.69, 9.17) is 4.74 Å². The summed E-state index contributed by atoms with van der Waals surface area (Å²) in [5.41, 5.74) is 0.725. The number of phenols is 1. The van der Waals surface area contributed by atoms with Crippen LogP contribution in [0.25, 0.3) is 0 Å². The molecule has 0 radical (unpaired) electrons. The number of methoxy groups -OCH3 is 1. The SMILES string of the molecule is COc1cc(CN(C)S(=O)(=O)c2sccc2Br)ccc1O. The minimum atomic E-state index is -3.55. The predicted octanol–water partition coefficient (Wildman–Crippen LogP) is 3.05. The Morgan fingerprint density at radius 2 is 2.10 bits per heavy atom. The van der Waals surface area contributed by atoms with Crippen molar-refractivity contribution in [2.24, 2.45) is 0 Å². The number of thiophene rings is 1. The number of hydrogen-bond acceptors (Lipinski definition) is 5. The van der Waals surface area contributed by atoms with Gasteiger partial charge in [-0.15, -0.1) is 11.3 Å². The van der Waals surface area contributed by atoms with Crippen molar-refractivity contribution in [3.63, 3.8) is 0 Å². The Kier molecular flexibility index (Phi) is 4.92. The van der Waals surface area contributed by atoms with E-state index in [9.17, 15) is 13.5 Å². The van der Waals surface area contributed by atoms with Gasteiger partial charge in [-0.05, 0) is 45.1 Å². The lowest BCUT2D eigenvalue weighted by atomic mass is 10.2. The van der Waals surface area contributed by atoms with Crippen molar-refractivity contribution in [1.82, 2.24) is 4.31 Å². The van der Waals surface area contributed by atoms with Crippen molar-refractivity contribution < 1.29 is 18.3 Å². The van der Waals surface area contributed by atoms with Crippen molar-refractivity contribution in [2.75, 3.05) is 14.2 Å². The number of sulfonamides is 1. The van der Waals surface area contributed by atoms with Crippen LogP contribution in [-0.4, -0.2) is 32.0 Å². The third-order valence-corrected chi connectivity index (χ3v) is 7.33. The highest BCUT2D eigenvalue weighted by Crippen LogP contribution is 2.31. The first-order valence-electron chi connectivity index (χ1n) is 5.91. The molecule has 0 saturated carbocycles. The van der Waals surface area contributed by atoms with Gasteiger partial charge in [-0.1, -0.05) is 6.07 Å². The predicted molar refractivity (Wildman–Crippen MR) is 85.3 cm³/mol. The molecule has 0 atom stereocenters. The number of nitrogens with zero attached hydrogens (tertiary/aromatic N) is 1. The molecule has 2 rings (SSSR count). The van der Waals surface area contributed by atoms with Crippen molar-refractivity contribution in [3.05, 3.63) is 39.7 Å². The van der Waals surface area contributed by atoms with Gasteiger partial charge in [0.2, 0.25) is 0 Å². The third-order valence-electron chi connectivity index (χ3n) is 2.88. The maximum Gasteiger partial charge on any atom is 0.253 e. The van der Waals surface area contributed by atoms with E-state index in [0.29, 0.717) is 10.2 Å². The smallest absolute Gasteiger partial charge is 0.253 e. The molecule has 0 aliphatic rings. The summed E-state index contributed by atoms with van der Waals surface area (Å²) in [6, 6.07) is 6.46. The molecule has 0 aliphatic carbocycles. The van der Waals surface area contributed by atoms with Gasteiger partial charge in [0, 0.05) is 18.1 Å². The average Bonchev–Trinajstić information content (AvgIpc) is 2.87. The maximum atomic E-state index is 12.5. The van der Waals surface area contributed by atoms with Gasteiger partial charge in [-0.3, -0.25) is 0 Å². The fraction of sp³-hybridized carbons (Fsp3) is 0.231. The van der Waals surface area contributed by atoms with Crippen molar-refractivity contribution in [2.45, 2.75) is 10.8 Å². The summed E-state index contributed by atoms with van der Waals surface area (Å²) < 4.78 is 32.0. The Morgan fingerprint density at radius 3 is 2.67 bits per heavy atom. The Labute approximate surface area is 136 Å². The Hall–Kier alpha value is -1.09. The third kappa shape index (κ3) is 3.39. The quantitative estimate of drug-likeness (QED) is 0.850. The van der Waals surface area contributed by atoms with Gasteiger partial charge in [0.05, 0.1) is 7.11 Å². The van der Waals surface area contributed by atoms with Crippen molar-refractivity contribution >= 4 is 37.3 Å². The molecule has 0 unspecified atom stereocenters. The molecule has 0 amide bonds. The minimum absolute atomic E-state index is 0.0211. The van der Waals surface area contributed by atoms with Crippen LogP contribution in [0.3, 0.4) is 0 Å². The van der Waals surface area contributed by atoms with Gasteiger partial charge >= 0.3 is 0 Å². The molecular formula is C13H14BrNO4S2. The van der Waals surface area contributed by atoms with E-state index in [1.54, 1.807) is 23.6 Å². The summed E-state index contributed by atoms with van der Waals surface area (Å²) in [5, 5.41) is 11.3. The first-order valence-corrected chi connectivity index (χ1v) is 9.02. The number of hydrogen-bond donors (Lipinski definition) is 1. The molecule has 0 fully saturated rings. The second-order valence-electron chi connectivity index (χ2n) is 4.32. The second kappa shape index (κ2) is 6.35. The Bertz CT molecular complexity index is 742. The largest absolute Gasteiger partial charge is 0.504 e. The number of benzene rings is 1. The van der Waals surface area contributed by atoms with Gasteiger partial charge in [0.25, 0.3) is 10.0 Å². The highest BCUT2D eigenvalue weighted by atomic mass is 79.9. The molecule has 1 aromatic heterocycles. The molecule has 1 aromatic carbocycles. The van der Waals surface area contributed by atoms with E-state index in [1.807, 2.05) is 0 Å². The summed E-state index contributed by atoms with van der Waals surface area (Å²) in [6.45, 7) is 0.184. The summed E-state index contributed by atoms with van der Waals surface area (Å²) in [7, 11) is -0.591. The molecule has 5 nitrogen and oxygen atoms in total. The summed E-state index contributed by atoms with van der Waals surface area (Å²) in [5.74, 6) is 0.336. The maximum absolute atomic E-state index is 12.5. The van der Waals surface area contributed by atoms with Crippen LogP contribution in [0.5, 0.6) is 11.5 Å². The number of phenolic OH excluding ortho intramolecular Hbond substituents is 1. The number of aromatic hydroxyl groups is 1. The molecule has 114 valence electrons. The fourth-order valence-corrected chi connectivity index (χ4v) is 5.43. The first kappa shape index (κ1) is 16.3. The second-order valence-corrected chi connectivity index (χ2v) is 8.33. The first-order chi connectivity index (χ1) is 9.86. The molecule has 0 bridgehead atoms. The van der Waals surface area contributed by atoms with E-state index < -0.39 is 10.0 Å². The average molecular weight is 392 g/mol. The molecule has 0 spiro atoms. The van der Waals surface area contributed by atoms with Gasteiger partial charge < -0.3 is 9.84 Å². The lowest BCUT2D eigenvalue weighted by molar-refractivity contribution is 0.372. The molecule has 8 heteroatoms. The van der Waals surface area contributed by atoms with E-state index in [-0.39, 0.29) is 16.5 Å². The zero-order valence-corrected chi connectivity index (χ0v) is 14.6. The Morgan fingerprint density at radius 1 is 1.38 bits per heavy atom. The van der Waals surface area contributed by atoms with Crippen molar-refractivity contribution in [3.8, 4) is 11.5 Å². The summed E-state index contributed by atoms with van der Waals surface area (Å²) in [4.78, 5) is 0. The van der Waals surface area contributed by atoms with E-state index in [0.717, 1.165) is 16.9 Å². The van der Waals surface area contributed by atoms with E-state index in [1.165, 1.54) is 24.5 Å². The fourth-order valence-electron chi connectivity index (χ4n) is 1.77. The van der Waals surface area contributed by atoms with Crippen LogP contribution in [-0.2, 0) is 16.6 Å². The number of ether oxygens (including phenoxy) is 1.